The Hall–Kier alpha value is -1.46. The summed E-state index contributed by atoms with van der Waals surface area (Å²) < 4.78 is 0. The van der Waals surface area contributed by atoms with Crippen LogP contribution in [-0.2, 0) is 0 Å². The van der Waals surface area contributed by atoms with Gasteiger partial charge in [0.15, 0.2) is 0 Å². The molecule has 92 valence electrons. The van der Waals surface area contributed by atoms with E-state index in [1.54, 1.807) is 0 Å². The van der Waals surface area contributed by atoms with Gasteiger partial charge in [0.25, 0.3) is 0 Å². The highest BCUT2D eigenvalue weighted by Gasteiger charge is 2.11. The first-order valence-electron chi connectivity index (χ1n) is 6.20. The number of benzene rings is 2. The summed E-state index contributed by atoms with van der Waals surface area (Å²) in [4.78, 5) is 4.08. The first-order valence-corrected chi connectivity index (χ1v) is 7.73. The molecule has 18 heavy (non-hydrogen) atoms. The van der Waals surface area contributed by atoms with Crippen molar-refractivity contribution < 1.29 is 0 Å². The van der Waals surface area contributed by atoms with Gasteiger partial charge in [-0.25, -0.2) is 0 Å². The van der Waals surface area contributed by atoms with E-state index in [2.05, 4.69) is 65.7 Å². The monoisotopic (exact) mass is 255 g/mol. The zero-order valence-corrected chi connectivity index (χ0v) is 11.6. The lowest BCUT2D eigenvalue weighted by molar-refractivity contribution is 1.30. The van der Waals surface area contributed by atoms with Gasteiger partial charge in [0.1, 0.15) is 0 Å². The van der Waals surface area contributed by atoms with Crippen LogP contribution >= 0.6 is 7.92 Å². The van der Waals surface area contributed by atoms with Crippen LogP contribution in [0.15, 0.2) is 65.7 Å². The summed E-state index contributed by atoms with van der Waals surface area (Å²) in [6.07, 6.45) is 4.23. The number of aliphatic imine (C=N–C) groups is 1. The lowest BCUT2D eigenvalue weighted by Crippen LogP contribution is -2.13. The highest BCUT2D eigenvalue weighted by Crippen LogP contribution is 2.33. The second-order valence-corrected chi connectivity index (χ2v) is 6.39. The van der Waals surface area contributed by atoms with Crippen LogP contribution in [0.25, 0.3) is 0 Å². The Labute approximate surface area is 110 Å². The van der Waals surface area contributed by atoms with Gasteiger partial charge in [-0.2, -0.15) is 0 Å². The minimum atomic E-state index is -0.254. The van der Waals surface area contributed by atoms with Crippen molar-refractivity contribution in [2.75, 3.05) is 13.2 Å². The molecule has 0 unspecified atom stereocenters. The predicted molar refractivity (Wildman–Crippen MR) is 83.0 cm³/mol. The predicted octanol–water partition coefficient (Wildman–Crippen LogP) is 3.21. The van der Waals surface area contributed by atoms with E-state index in [-0.39, 0.29) is 7.92 Å². The van der Waals surface area contributed by atoms with Crippen LogP contribution in [0, 0.1) is 0 Å². The molecule has 2 aromatic rings. The molecule has 2 aromatic carbocycles. The van der Waals surface area contributed by atoms with E-state index in [1.165, 1.54) is 16.8 Å². The third kappa shape index (κ3) is 3.51. The van der Waals surface area contributed by atoms with Crippen LogP contribution in [-0.4, -0.2) is 19.4 Å². The summed E-state index contributed by atoms with van der Waals surface area (Å²) in [5.41, 5.74) is 0. The zero-order chi connectivity index (χ0) is 12.6. The molecule has 0 atom stereocenters. The third-order valence-corrected chi connectivity index (χ3v) is 5.35. The maximum Gasteiger partial charge on any atom is 0.0273 e. The van der Waals surface area contributed by atoms with Crippen molar-refractivity contribution in [1.29, 1.82) is 0 Å². The molecule has 0 fully saturated rings. The van der Waals surface area contributed by atoms with Crippen molar-refractivity contribution in [2.45, 2.75) is 6.42 Å². The van der Waals surface area contributed by atoms with Gasteiger partial charge < -0.3 is 4.99 Å². The van der Waals surface area contributed by atoms with Crippen LogP contribution in [0.5, 0.6) is 0 Å². The highest BCUT2D eigenvalue weighted by atomic mass is 31.1. The fourth-order valence-electron chi connectivity index (χ4n) is 1.94. The van der Waals surface area contributed by atoms with E-state index < -0.39 is 0 Å². The van der Waals surface area contributed by atoms with Crippen LogP contribution in [0.4, 0.5) is 0 Å². The quantitative estimate of drug-likeness (QED) is 0.574. The Morgan fingerprint density at radius 3 is 1.83 bits per heavy atom. The van der Waals surface area contributed by atoms with Gasteiger partial charge in [-0.05, 0) is 37.3 Å². The zero-order valence-electron chi connectivity index (χ0n) is 10.7. The molecule has 0 aliphatic carbocycles. The smallest absolute Gasteiger partial charge is 0.0273 e. The molecule has 0 spiro atoms. The molecule has 0 aromatic heterocycles. The average Bonchev–Trinajstić information content (AvgIpc) is 2.46. The van der Waals surface area contributed by atoms with E-state index in [9.17, 15) is 0 Å². The molecule has 0 aliphatic rings. The van der Waals surface area contributed by atoms with E-state index >= 15 is 0 Å². The molecule has 0 radical (unpaired) electrons. The second-order valence-electron chi connectivity index (χ2n) is 4.05. The minimum absolute atomic E-state index is 0.254. The maximum atomic E-state index is 4.08. The Kier molecular flexibility index (Phi) is 5.11. The van der Waals surface area contributed by atoms with Crippen LogP contribution in [0.2, 0.25) is 0 Å². The van der Waals surface area contributed by atoms with Gasteiger partial charge >= 0.3 is 0 Å². The lowest BCUT2D eigenvalue weighted by atomic mass is 10.4. The molecule has 2 heteroatoms. The summed E-state index contributed by atoms with van der Waals surface area (Å²) >= 11 is 0. The lowest BCUT2D eigenvalue weighted by Gasteiger charge is -2.17. The second kappa shape index (κ2) is 7.08. The first-order chi connectivity index (χ1) is 8.92. The number of hydrogen-bond acceptors (Lipinski definition) is 1. The standard InChI is InChI=1S/C16H18NP/c1-17-13-8-14-18(15-9-4-2-5-10-15)16-11-6-3-7-12-16/h2-7,9-13H,8,14H2,1H3. The molecule has 0 saturated heterocycles. The van der Waals surface area contributed by atoms with Crippen LogP contribution in [0.1, 0.15) is 6.42 Å². The van der Waals surface area contributed by atoms with Gasteiger partial charge in [0.2, 0.25) is 0 Å². The molecule has 0 aliphatic heterocycles. The van der Waals surface area contributed by atoms with Crippen LogP contribution in [0.3, 0.4) is 0 Å². The van der Waals surface area contributed by atoms with Crippen molar-refractivity contribution in [3.63, 3.8) is 0 Å². The molecule has 2 rings (SSSR count). The van der Waals surface area contributed by atoms with Crippen molar-refractivity contribution >= 4 is 24.7 Å². The van der Waals surface area contributed by atoms with Crippen LogP contribution < -0.4 is 10.6 Å². The minimum Gasteiger partial charge on any atom is -0.301 e. The number of nitrogens with zero attached hydrogens (tertiary/aromatic N) is 1. The molecule has 0 saturated carbocycles. The Morgan fingerprint density at radius 2 is 1.39 bits per heavy atom. The summed E-state index contributed by atoms with van der Waals surface area (Å²) in [5.74, 6) is 0. The van der Waals surface area contributed by atoms with E-state index in [4.69, 9.17) is 0 Å². The average molecular weight is 255 g/mol. The summed E-state index contributed by atoms with van der Waals surface area (Å²) in [5, 5.41) is 2.89. The normalized spacial score (nSPS) is 11.2. The fourth-order valence-corrected chi connectivity index (χ4v) is 4.19. The summed E-state index contributed by atoms with van der Waals surface area (Å²) in [6, 6.07) is 21.6. The largest absolute Gasteiger partial charge is 0.301 e. The first kappa shape index (κ1) is 13.0. The Morgan fingerprint density at radius 1 is 0.889 bits per heavy atom. The van der Waals surface area contributed by atoms with E-state index in [0.29, 0.717) is 0 Å². The molecule has 0 heterocycles. The van der Waals surface area contributed by atoms with Gasteiger partial charge in [-0.15, -0.1) is 0 Å². The van der Waals surface area contributed by atoms with Gasteiger partial charge in [-0.1, -0.05) is 60.7 Å². The van der Waals surface area contributed by atoms with Crippen molar-refractivity contribution in [1.82, 2.24) is 0 Å². The van der Waals surface area contributed by atoms with Crippen molar-refractivity contribution in [2.24, 2.45) is 4.99 Å². The molecule has 0 amide bonds. The SMILES string of the molecule is CN=CCCP(c1ccccc1)c1ccccc1. The molecule has 1 nitrogen and oxygen atoms in total. The van der Waals surface area contributed by atoms with Gasteiger partial charge in [0.05, 0.1) is 0 Å². The Balaban J connectivity index is 2.23. The number of rotatable bonds is 5. The number of hydrogen-bond donors (Lipinski definition) is 0. The fraction of sp³-hybridized carbons (Fsp3) is 0.188. The summed E-state index contributed by atoms with van der Waals surface area (Å²) in [7, 11) is 1.59. The summed E-state index contributed by atoms with van der Waals surface area (Å²) in [6.45, 7) is 0. The van der Waals surface area contributed by atoms with Crippen molar-refractivity contribution in [3.8, 4) is 0 Å². The van der Waals surface area contributed by atoms with Crippen molar-refractivity contribution in [3.05, 3.63) is 60.7 Å². The molecular weight excluding hydrogens is 237 g/mol. The maximum absolute atomic E-state index is 4.08. The van der Waals surface area contributed by atoms with Gasteiger partial charge in [-0.3, -0.25) is 0 Å². The third-order valence-electron chi connectivity index (χ3n) is 2.80. The molecule has 0 bridgehead atoms. The Bertz CT molecular complexity index is 439. The molecule has 0 N–H and O–H groups in total. The van der Waals surface area contributed by atoms with E-state index in [0.717, 1.165) is 6.42 Å². The molecular formula is C16H18NP. The topological polar surface area (TPSA) is 12.4 Å². The van der Waals surface area contributed by atoms with E-state index in [1.807, 2.05) is 13.3 Å². The highest BCUT2D eigenvalue weighted by molar-refractivity contribution is 7.73. The van der Waals surface area contributed by atoms with Gasteiger partial charge in [0, 0.05) is 7.05 Å².